The minimum atomic E-state index is -4.29. The molecule has 0 radical (unpaired) electrons. The van der Waals surface area contributed by atoms with E-state index in [0.29, 0.717) is 0 Å². The van der Waals surface area contributed by atoms with Gasteiger partial charge in [-0.25, -0.2) is 4.79 Å². The van der Waals surface area contributed by atoms with Crippen molar-refractivity contribution < 1.29 is 22.5 Å². The number of hydrogen-bond donors (Lipinski definition) is 1. The number of esters is 1. The molecule has 1 rings (SSSR count). The van der Waals surface area contributed by atoms with Gasteiger partial charge in [0.1, 0.15) is 4.90 Å². The van der Waals surface area contributed by atoms with Crippen molar-refractivity contribution >= 4 is 22.2 Å². The van der Waals surface area contributed by atoms with Crippen molar-refractivity contribution in [1.82, 2.24) is 0 Å². The summed E-state index contributed by atoms with van der Waals surface area (Å²) in [6.07, 6.45) is 2.33. The van der Waals surface area contributed by atoms with E-state index >= 15 is 0 Å². The molecule has 86 valence electrons. The molecule has 1 aromatic carbocycles. The molecule has 6 heteroatoms. The van der Waals surface area contributed by atoms with Crippen LogP contribution >= 0.6 is 0 Å². The number of methoxy groups -OCH3 is 1. The highest BCUT2D eigenvalue weighted by Gasteiger charge is 2.12. The number of carbonyl (C=O) groups is 1. The van der Waals surface area contributed by atoms with Crippen LogP contribution < -0.4 is 0 Å². The molecule has 1 aromatic rings. The summed E-state index contributed by atoms with van der Waals surface area (Å²) in [5.41, 5.74) is 0.218. The fourth-order valence-corrected chi connectivity index (χ4v) is 1.76. The molecular weight excluding hydrogens is 232 g/mol. The van der Waals surface area contributed by atoms with E-state index in [1.54, 1.807) is 6.07 Å². The topological polar surface area (TPSA) is 80.7 Å². The molecule has 0 amide bonds. The van der Waals surface area contributed by atoms with Crippen molar-refractivity contribution in [3.8, 4) is 0 Å². The third-order valence-electron chi connectivity index (χ3n) is 1.80. The Labute approximate surface area is 93.1 Å². The molecule has 0 aliphatic rings. The number of hydrogen-bond acceptors (Lipinski definition) is 4. The molecule has 5 nitrogen and oxygen atoms in total. The number of ether oxygens (including phenoxy) is 1. The Bertz CT molecular complexity index is 516. The van der Waals surface area contributed by atoms with Gasteiger partial charge in [0, 0.05) is 6.08 Å². The molecule has 0 aliphatic carbocycles. The lowest BCUT2D eigenvalue weighted by Crippen LogP contribution is -2.01. The van der Waals surface area contributed by atoms with E-state index in [1.807, 2.05) is 0 Å². The van der Waals surface area contributed by atoms with Crippen LogP contribution in [-0.4, -0.2) is 26.0 Å². The van der Waals surface area contributed by atoms with Crippen LogP contribution in [0.4, 0.5) is 0 Å². The summed E-state index contributed by atoms with van der Waals surface area (Å²) < 4.78 is 35.2. The third kappa shape index (κ3) is 3.18. The Hall–Kier alpha value is -1.66. The largest absolute Gasteiger partial charge is 0.466 e. The molecular formula is C10H10O5S. The van der Waals surface area contributed by atoms with Crippen molar-refractivity contribution in [3.63, 3.8) is 0 Å². The number of carbonyl (C=O) groups excluding carboxylic acids is 1. The van der Waals surface area contributed by atoms with Gasteiger partial charge in [-0.05, 0) is 17.7 Å². The zero-order chi connectivity index (χ0) is 12.2. The van der Waals surface area contributed by atoms with E-state index in [4.69, 9.17) is 4.55 Å². The monoisotopic (exact) mass is 242 g/mol. The first-order chi connectivity index (χ1) is 7.45. The van der Waals surface area contributed by atoms with E-state index in [1.165, 1.54) is 31.4 Å². The molecule has 1 N–H and O–H groups in total. The average molecular weight is 242 g/mol. The van der Waals surface area contributed by atoms with Gasteiger partial charge < -0.3 is 4.74 Å². The van der Waals surface area contributed by atoms with Crippen molar-refractivity contribution in [1.29, 1.82) is 0 Å². The summed E-state index contributed by atoms with van der Waals surface area (Å²) in [5.74, 6) is -0.606. The fourth-order valence-electron chi connectivity index (χ4n) is 1.08. The predicted octanol–water partition coefficient (Wildman–Crippen LogP) is 1.12. The van der Waals surface area contributed by atoms with Crippen LogP contribution in [0.3, 0.4) is 0 Å². The van der Waals surface area contributed by atoms with Crippen LogP contribution in [0.1, 0.15) is 5.56 Å². The summed E-state index contributed by atoms with van der Waals surface area (Å²) in [7, 11) is -3.08. The Balaban J connectivity index is 3.15. The smallest absolute Gasteiger partial charge is 0.330 e. The Kier molecular flexibility index (Phi) is 3.81. The minimum absolute atomic E-state index is 0.218. The molecule has 16 heavy (non-hydrogen) atoms. The van der Waals surface area contributed by atoms with E-state index in [0.717, 1.165) is 6.08 Å². The second-order valence-electron chi connectivity index (χ2n) is 2.87. The SMILES string of the molecule is COC(=O)/C=C/c1ccccc1S(=O)(=O)O. The maximum atomic E-state index is 11.0. The van der Waals surface area contributed by atoms with Crippen molar-refractivity contribution in [2.45, 2.75) is 4.90 Å². The van der Waals surface area contributed by atoms with Crippen LogP contribution in [-0.2, 0) is 19.6 Å². The summed E-state index contributed by atoms with van der Waals surface area (Å²) in [6, 6.07) is 5.76. The first-order valence-corrected chi connectivity index (χ1v) is 5.71. The van der Waals surface area contributed by atoms with Gasteiger partial charge >= 0.3 is 5.97 Å². The van der Waals surface area contributed by atoms with E-state index in [-0.39, 0.29) is 10.5 Å². The molecule has 0 spiro atoms. The zero-order valence-corrected chi connectivity index (χ0v) is 9.27. The number of benzene rings is 1. The van der Waals surface area contributed by atoms with E-state index in [2.05, 4.69) is 4.74 Å². The van der Waals surface area contributed by atoms with Crippen molar-refractivity contribution in [2.24, 2.45) is 0 Å². The van der Waals surface area contributed by atoms with Gasteiger partial charge in [0.25, 0.3) is 10.1 Å². The first-order valence-electron chi connectivity index (χ1n) is 4.27. The van der Waals surface area contributed by atoms with Gasteiger partial charge in [0.2, 0.25) is 0 Å². The summed E-state index contributed by atoms with van der Waals surface area (Å²) >= 11 is 0. The van der Waals surface area contributed by atoms with Gasteiger partial charge in [0.15, 0.2) is 0 Å². The lowest BCUT2D eigenvalue weighted by molar-refractivity contribution is -0.134. The summed E-state index contributed by atoms with van der Waals surface area (Å²) in [5, 5.41) is 0. The van der Waals surface area contributed by atoms with Crippen LogP contribution in [0.25, 0.3) is 6.08 Å². The Morgan fingerprint density at radius 3 is 2.56 bits per heavy atom. The summed E-state index contributed by atoms with van der Waals surface area (Å²) in [4.78, 5) is 10.6. The van der Waals surface area contributed by atoms with Gasteiger partial charge in [-0.1, -0.05) is 18.2 Å². The van der Waals surface area contributed by atoms with Gasteiger partial charge in [-0.15, -0.1) is 0 Å². The molecule has 0 unspecified atom stereocenters. The maximum absolute atomic E-state index is 11.0. The Morgan fingerprint density at radius 1 is 1.38 bits per heavy atom. The van der Waals surface area contributed by atoms with Crippen molar-refractivity contribution in [2.75, 3.05) is 7.11 Å². The maximum Gasteiger partial charge on any atom is 0.330 e. The lowest BCUT2D eigenvalue weighted by atomic mass is 10.2. The molecule has 0 saturated heterocycles. The second-order valence-corrected chi connectivity index (χ2v) is 4.26. The van der Waals surface area contributed by atoms with Gasteiger partial charge in [-0.3, -0.25) is 4.55 Å². The van der Waals surface area contributed by atoms with E-state index < -0.39 is 16.1 Å². The van der Waals surface area contributed by atoms with Crippen LogP contribution in [0.5, 0.6) is 0 Å². The number of rotatable bonds is 3. The highest BCUT2D eigenvalue weighted by atomic mass is 32.2. The normalized spacial score (nSPS) is 11.6. The lowest BCUT2D eigenvalue weighted by Gasteiger charge is -2.01. The quantitative estimate of drug-likeness (QED) is 0.488. The van der Waals surface area contributed by atoms with Crippen LogP contribution in [0.2, 0.25) is 0 Å². The molecule has 0 heterocycles. The standard InChI is InChI=1S/C10H10O5S/c1-15-10(11)7-6-8-4-2-3-5-9(8)16(12,13)14/h2-7H,1H3,(H,12,13,14)/b7-6+. The third-order valence-corrected chi connectivity index (χ3v) is 2.72. The predicted molar refractivity (Wildman–Crippen MR) is 57.3 cm³/mol. The molecule has 0 bridgehead atoms. The highest BCUT2D eigenvalue weighted by Crippen LogP contribution is 2.16. The second kappa shape index (κ2) is 4.91. The molecule has 0 saturated carbocycles. The van der Waals surface area contributed by atoms with Gasteiger partial charge in [-0.2, -0.15) is 8.42 Å². The zero-order valence-electron chi connectivity index (χ0n) is 8.45. The molecule has 0 aromatic heterocycles. The fraction of sp³-hybridized carbons (Fsp3) is 0.100. The average Bonchev–Trinajstić information content (AvgIpc) is 2.25. The van der Waals surface area contributed by atoms with E-state index in [9.17, 15) is 13.2 Å². The molecule has 0 aliphatic heterocycles. The highest BCUT2D eigenvalue weighted by molar-refractivity contribution is 7.85. The summed E-state index contributed by atoms with van der Waals surface area (Å²) in [6.45, 7) is 0. The minimum Gasteiger partial charge on any atom is -0.466 e. The van der Waals surface area contributed by atoms with Gasteiger partial charge in [0.05, 0.1) is 7.11 Å². The first kappa shape index (κ1) is 12.4. The van der Waals surface area contributed by atoms with Crippen LogP contribution in [0, 0.1) is 0 Å². The van der Waals surface area contributed by atoms with Crippen LogP contribution in [0.15, 0.2) is 35.2 Å². The van der Waals surface area contributed by atoms with Crippen molar-refractivity contribution in [3.05, 3.63) is 35.9 Å². The molecule has 0 atom stereocenters. The molecule has 0 fully saturated rings. The Morgan fingerprint density at radius 2 is 2.00 bits per heavy atom.